The van der Waals surface area contributed by atoms with Gasteiger partial charge in [0.05, 0.1) is 0 Å². The third-order valence-corrected chi connectivity index (χ3v) is 1.56. The zero-order chi connectivity index (χ0) is 12.0. The normalized spacial score (nSPS) is 21.8. The molecule has 9 heteroatoms. The summed E-state index contributed by atoms with van der Waals surface area (Å²) in [6.07, 6.45) is -12.5. The summed E-state index contributed by atoms with van der Waals surface area (Å²) < 4.78 is 77.0. The standard InChI is InChI=1S/C6H3F6NO2/c1-13-3(7)2(5(8,9)10)6(11,12)15-4(13)14/h1H3. The third-order valence-electron chi connectivity index (χ3n) is 1.56. The van der Waals surface area contributed by atoms with E-state index in [2.05, 4.69) is 4.74 Å². The predicted octanol–water partition coefficient (Wildman–Crippen LogP) is 2.40. The summed E-state index contributed by atoms with van der Waals surface area (Å²) >= 11 is 0. The van der Waals surface area contributed by atoms with Crippen LogP contribution in [-0.4, -0.2) is 30.3 Å². The van der Waals surface area contributed by atoms with E-state index in [9.17, 15) is 31.1 Å². The van der Waals surface area contributed by atoms with E-state index in [1.807, 2.05) is 0 Å². The van der Waals surface area contributed by atoms with E-state index in [1.165, 1.54) is 0 Å². The highest BCUT2D eigenvalue weighted by atomic mass is 19.4. The molecule has 15 heavy (non-hydrogen) atoms. The smallest absolute Gasteiger partial charge is 0.380 e. The SMILES string of the molecule is CN1C(=O)OC(F)(F)C(C(F)(F)F)=C1F. The van der Waals surface area contributed by atoms with Gasteiger partial charge in [-0.25, -0.2) is 4.79 Å². The maximum Gasteiger partial charge on any atom is 0.439 e. The fourth-order valence-electron chi connectivity index (χ4n) is 0.879. The average Bonchev–Trinajstić information content (AvgIpc) is 1.95. The van der Waals surface area contributed by atoms with Crippen molar-refractivity contribution in [3.63, 3.8) is 0 Å². The number of cyclic esters (lactones) is 1. The molecule has 0 N–H and O–H groups in total. The van der Waals surface area contributed by atoms with Crippen molar-refractivity contribution in [2.45, 2.75) is 12.3 Å². The van der Waals surface area contributed by atoms with Gasteiger partial charge in [0, 0.05) is 7.05 Å². The minimum absolute atomic E-state index is 0.291. The first-order valence-electron chi connectivity index (χ1n) is 3.39. The van der Waals surface area contributed by atoms with Crippen LogP contribution in [-0.2, 0) is 4.74 Å². The molecule has 0 fully saturated rings. The fraction of sp³-hybridized carbons (Fsp3) is 0.500. The van der Waals surface area contributed by atoms with Gasteiger partial charge in [-0.3, -0.25) is 4.90 Å². The Kier molecular flexibility index (Phi) is 2.36. The fourth-order valence-corrected chi connectivity index (χ4v) is 0.879. The molecule has 0 saturated carbocycles. The lowest BCUT2D eigenvalue weighted by Gasteiger charge is -2.30. The molecule has 0 unspecified atom stereocenters. The zero-order valence-corrected chi connectivity index (χ0v) is 7.03. The Labute approximate surface area is 78.9 Å². The molecule has 0 aromatic carbocycles. The highest BCUT2D eigenvalue weighted by molar-refractivity contribution is 5.71. The van der Waals surface area contributed by atoms with Crippen LogP contribution in [0.1, 0.15) is 0 Å². The van der Waals surface area contributed by atoms with Crippen molar-refractivity contribution in [3.8, 4) is 0 Å². The molecule has 86 valence electrons. The van der Waals surface area contributed by atoms with E-state index in [0.717, 1.165) is 0 Å². The van der Waals surface area contributed by atoms with Gasteiger partial charge in [-0.1, -0.05) is 0 Å². The summed E-state index contributed by atoms with van der Waals surface area (Å²) in [4.78, 5) is 10.2. The van der Waals surface area contributed by atoms with Crippen molar-refractivity contribution >= 4 is 6.09 Å². The Morgan fingerprint density at radius 2 is 1.80 bits per heavy atom. The number of carbonyl (C=O) groups excluding carboxylic acids is 1. The molecule has 1 heterocycles. The van der Waals surface area contributed by atoms with Crippen LogP contribution < -0.4 is 0 Å². The van der Waals surface area contributed by atoms with Crippen molar-refractivity contribution in [2.24, 2.45) is 0 Å². The van der Waals surface area contributed by atoms with Crippen molar-refractivity contribution < 1.29 is 35.9 Å². The van der Waals surface area contributed by atoms with E-state index in [0.29, 0.717) is 7.05 Å². The van der Waals surface area contributed by atoms with Gasteiger partial charge in [0.15, 0.2) is 5.57 Å². The van der Waals surface area contributed by atoms with E-state index in [1.54, 1.807) is 0 Å². The Bertz CT molecular complexity index is 333. The van der Waals surface area contributed by atoms with E-state index in [-0.39, 0.29) is 4.90 Å². The highest BCUT2D eigenvalue weighted by Gasteiger charge is 2.60. The minimum atomic E-state index is -5.62. The van der Waals surface area contributed by atoms with Gasteiger partial charge >= 0.3 is 18.4 Å². The van der Waals surface area contributed by atoms with Gasteiger partial charge in [0.25, 0.3) is 0 Å². The van der Waals surface area contributed by atoms with Crippen LogP contribution in [0, 0.1) is 0 Å². The number of hydrogen-bond acceptors (Lipinski definition) is 2. The van der Waals surface area contributed by atoms with Crippen LogP contribution in [0.15, 0.2) is 11.5 Å². The summed E-state index contributed by atoms with van der Waals surface area (Å²) in [7, 11) is 0.540. The van der Waals surface area contributed by atoms with Crippen LogP contribution in [0.5, 0.6) is 0 Å². The molecule has 0 aromatic rings. The van der Waals surface area contributed by atoms with Gasteiger partial charge in [0.1, 0.15) is 0 Å². The molecular weight excluding hydrogens is 232 g/mol. The van der Waals surface area contributed by atoms with Crippen LogP contribution >= 0.6 is 0 Å². The topological polar surface area (TPSA) is 29.5 Å². The lowest BCUT2D eigenvalue weighted by atomic mass is 10.2. The molecule has 0 bridgehead atoms. The molecule has 1 aliphatic rings. The number of carbonyl (C=O) groups is 1. The average molecular weight is 235 g/mol. The largest absolute Gasteiger partial charge is 0.439 e. The molecule has 0 aliphatic carbocycles. The van der Waals surface area contributed by atoms with Gasteiger partial charge in [0.2, 0.25) is 5.95 Å². The second kappa shape index (κ2) is 3.04. The lowest BCUT2D eigenvalue weighted by Crippen LogP contribution is -2.45. The maximum atomic E-state index is 12.8. The third kappa shape index (κ3) is 1.85. The maximum absolute atomic E-state index is 12.8. The molecule has 1 amide bonds. The Morgan fingerprint density at radius 3 is 2.20 bits per heavy atom. The summed E-state index contributed by atoms with van der Waals surface area (Å²) in [5, 5.41) is 0. The lowest BCUT2D eigenvalue weighted by molar-refractivity contribution is -0.227. The molecule has 0 atom stereocenters. The van der Waals surface area contributed by atoms with Crippen molar-refractivity contribution in [1.82, 2.24) is 4.90 Å². The first kappa shape index (κ1) is 11.7. The van der Waals surface area contributed by atoms with Crippen molar-refractivity contribution in [2.75, 3.05) is 7.05 Å². The van der Waals surface area contributed by atoms with Gasteiger partial charge in [-0.15, -0.1) is 0 Å². The molecule has 0 aromatic heterocycles. The molecular formula is C6H3F6NO2. The van der Waals surface area contributed by atoms with Crippen LogP contribution in [0.4, 0.5) is 31.1 Å². The number of amides is 1. The van der Waals surface area contributed by atoms with Crippen LogP contribution in [0.3, 0.4) is 0 Å². The minimum Gasteiger partial charge on any atom is -0.380 e. The molecule has 1 rings (SSSR count). The summed E-state index contributed by atoms with van der Waals surface area (Å²) in [5.41, 5.74) is -2.82. The number of alkyl halides is 5. The zero-order valence-electron chi connectivity index (χ0n) is 7.03. The summed E-state index contributed by atoms with van der Waals surface area (Å²) in [6.45, 7) is 0. The Balaban J connectivity index is 3.35. The molecule has 0 saturated heterocycles. The number of rotatable bonds is 0. The second-order valence-corrected chi connectivity index (χ2v) is 2.61. The van der Waals surface area contributed by atoms with E-state index >= 15 is 0 Å². The summed E-state index contributed by atoms with van der Waals surface area (Å²) in [6, 6.07) is 0. The second-order valence-electron chi connectivity index (χ2n) is 2.61. The van der Waals surface area contributed by atoms with Gasteiger partial charge in [-0.05, 0) is 0 Å². The number of hydrogen-bond donors (Lipinski definition) is 0. The van der Waals surface area contributed by atoms with E-state index < -0.39 is 29.9 Å². The molecule has 3 nitrogen and oxygen atoms in total. The van der Waals surface area contributed by atoms with Crippen LogP contribution in [0.2, 0.25) is 0 Å². The first-order valence-corrected chi connectivity index (χ1v) is 3.39. The van der Waals surface area contributed by atoms with E-state index in [4.69, 9.17) is 0 Å². The van der Waals surface area contributed by atoms with Crippen molar-refractivity contribution in [1.29, 1.82) is 0 Å². The van der Waals surface area contributed by atoms with Gasteiger partial charge < -0.3 is 4.74 Å². The number of halogens is 6. The predicted molar refractivity (Wildman–Crippen MR) is 33.4 cm³/mol. The number of nitrogens with zero attached hydrogens (tertiary/aromatic N) is 1. The Morgan fingerprint density at radius 1 is 1.33 bits per heavy atom. The Hall–Kier alpha value is -1.41. The quantitative estimate of drug-likeness (QED) is 0.476. The summed E-state index contributed by atoms with van der Waals surface area (Å²) in [5.74, 6) is -2.37. The molecule has 1 aliphatic heterocycles. The monoisotopic (exact) mass is 235 g/mol. The van der Waals surface area contributed by atoms with Gasteiger partial charge in [-0.2, -0.15) is 26.3 Å². The molecule has 0 spiro atoms. The first-order chi connectivity index (χ1) is 6.57. The van der Waals surface area contributed by atoms with Crippen molar-refractivity contribution in [3.05, 3.63) is 11.5 Å². The number of ether oxygens (including phenoxy) is 1. The highest BCUT2D eigenvalue weighted by Crippen LogP contribution is 2.44. The van der Waals surface area contributed by atoms with Crippen LogP contribution in [0.25, 0.3) is 0 Å². The molecule has 0 radical (unpaired) electrons.